The normalized spacial score (nSPS) is 14.4. The van der Waals surface area contributed by atoms with Crippen molar-refractivity contribution < 1.29 is 13.2 Å². The molecule has 0 aliphatic carbocycles. The summed E-state index contributed by atoms with van der Waals surface area (Å²) in [6.07, 6.45) is 1.76. The highest BCUT2D eigenvalue weighted by atomic mass is 32.2. The molecular weight excluding hydrogens is 292 g/mol. The maximum atomic E-state index is 12.4. The molecule has 1 aromatic carbocycles. The molecule has 1 aliphatic heterocycles. The van der Waals surface area contributed by atoms with Crippen LogP contribution in [0.1, 0.15) is 11.1 Å². The summed E-state index contributed by atoms with van der Waals surface area (Å²) in [4.78, 5) is 13.3. The highest BCUT2D eigenvalue weighted by molar-refractivity contribution is 7.92. The van der Waals surface area contributed by atoms with E-state index in [4.69, 9.17) is 0 Å². The Hall–Kier alpha value is -2.35. The summed E-state index contributed by atoms with van der Waals surface area (Å²) in [5, 5.41) is 6.37. The molecule has 7 nitrogen and oxygen atoms in total. The Labute approximate surface area is 122 Å². The first kappa shape index (κ1) is 13.6. The molecule has 3 rings (SSSR count). The number of hydrogen-bond donors (Lipinski definition) is 2. The van der Waals surface area contributed by atoms with E-state index in [9.17, 15) is 13.2 Å². The number of carbonyl (C=O) groups is 1. The van der Waals surface area contributed by atoms with E-state index in [-0.39, 0.29) is 17.2 Å². The molecule has 0 saturated carbocycles. The van der Waals surface area contributed by atoms with Crippen LogP contribution < -0.4 is 9.62 Å². The fraction of sp³-hybridized carbons (Fsp3) is 0.231. The first-order valence-corrected chi connectivity index (χ1v) is 7.79. The Balaban J connectivity index is 1.96. The van der Waals surface area contributed by atoms with E-state index in [2.05, 4.69) is 14.9 Å². The van der Waals surface area contributed by atoms with Gasteiger partial charge >= 0.3 is 0 Å². The van der Waals surface area contributed by atoms with Crippen molar-refractivity contribution in [1.82, 2.24) is 10.2 Å². The second kappa shape index (κ2) is 4.59. The number of fused-ring (bicyclic) bond motifs is 1. The highest BCUT2D eigenvalue weighted by Gasteiger charge is 2.26. The second-order valence-corrected chi connectivity index (χ2v) is 6.64. The van der Waals surface area contributed by atoms with Crippen molar-refractivity contribution in [2.45, 2.75) is 18.2 Å². The Morgan fingerprint density at radius 3 is 2.81 bits per heavy atom. The third-order valence-electron chi connectivity index (χ3n) is 3.50. The van der Waals surface area contributed by atoms with Crippen LogP contribution in [0.4, 0.5) is 11.5 Å². The van der Waals surface area contributed by atoms with Crippen molar-refractivity contribution >= 4 is 27.4 Å². The fourth-order valence-electron chi connectivity index (χ4n) is 2.26. The van der Waals surface area contributed by atoms with Gasteiger partial charge < -0.3 is 4.90 Å². The number of rotatable bonds is 3. The number of benzene rings is 1. The molecule has 1 aromatic heterocycles. The number of nitrogens with one attached hydrogen (secondary N) is 2. The van der Waals surface area contributed by atoms with Gasteiger partial charge in [0.25, 0.3) is 10.0 Å². The molecule has 2 heterocycles. The lowest BCUT2D eigenvalue weighted by Gasteiger charge is -2.11. The van der Waals surface area contributed by atoms with Gasteiger partial charge in [-0.25, -0.2) is 8.42 Å². The van der Waals surface area contributed by atoms with Crippen LogP contribution in [0.15, 0.2) is 29.3 Å². The van der Waals surface area contributed by atoms with Crippen LogP contribution in [0.3, 0.4) is 0 Å². The number of aryl methyl sites for hydroxylation is 1. The zero-order valence-electron chi connectivity index (χ0n) is 11.5. The molecule has 110 valence electrons. The second-order valence-electron chi connectivity index (χ2n) is 4.95. The molecule has 1 aliphatic rings. The van der Waals surface area contributed by atoms with Crippen LogP contribution >= 0.6 is 0 Å². The molecule has 2 N–H and O–H groups in total. The fourth-order valence-corrected chi connectivity index (χ4v) is 3.39. The number of aromatic nitrogens is 2. The lowest BCUT2D eigenvalue weighted by Crippen LogP contribution is -2.20. The number of aromatic amines is 1. The van der Waals surface area contributed by atoms with E-state index in [1.54, 1.807) is 20.0 Å². The van der Waals surface area contributed by atoms with Crippen molar-refractivity contribution in [2.24, 2.45) is 0 Å². The van der Waals surface area contributed by atoms with E-state index >= 15 is 0 Å². The van der Waals surface area contributed by atoms with Crippen molar-refractivity contribution in [3.8, 4) is 0 Å². The van der Waals surface area contributed by atoms with Gasteiger partial charge in [-0.3, -0.25) is 14.6 Å². The number of nitrogens with zero attached hydrogens (tertiary/aromatic N) is 2. The molecule has 0 fully saturated rings. The van der Waals surface area contributed by atoms with Gasteiger partial charge in [-0.1, -0.05) is 0 Å². The van der Waals surface area contributed by atoms with Gasteiger partial charge in [-0.15, -0.1) is 0 Å². The SMILES string of the molecule is Cc1cn[nH]c1NS(=O)(=O)c1ccc2c(c1)CC(=O)N2C. The first-order chi connectivity index (χ1) is 9.88. The number of amides is 1. The number of anilines is 2. The maximum Gasteiger partial charge on any atom is 0.263 e. The van der Waals surface area contributed by atoms with E-state index in [1.165, 1.54) is 23.2 Å². The van der Waals surface area contributed by atoms with Crippen LogP contribution in [-0.4, -0.2) is 31.6 Å². The van der Waals surface area contributed by atoms with Crippen molar-refractivity contribution in [3.05, 3.63) is 35.5 Å². The van der Waals surface area contributed by atoms with E-state index in [0.29, 0.717) is 16.9 Å². The average Bonchev–Trinajstić information content (AvgIpc) is 2.94. The van der Waals surface area contributed by atoms with Crippen LogP contribution in [0.25, 0.3) is 0 Å². The average molecular weight is 306 g/mol. The van der Waals surface area contributed by atoms with Crippen molar-refractivity contribution in [2.75, 3.05) is 16.7 Å². The van der Waals surface area contributed by atoms with Crippen molar-refractivity contribution in [3.63, 3.8) is 0 Å². The van der Waals surface area contributed by atoms with Gasteiger partial charge in [-0.2, -0.15) is 5.10 Å². The summed E-state index contributed by atoms with van der Waals surface area (Å²) in [5.74, 6) is 0.292. The molecule has 21 heavy (non-hydrogen) atoms. The first-order valence-electron chi connectivity index (χ1n) is 6.31. The number of H-pyrrole nitrogens is 1. The number of likely N-dealkylation sites (N-methyl/N-ethyl adjacent to an activating group) is 1. The van der Waals surface area contributed by atoms with Gasteiger partial charge in [0.1, 0.15) is 5.82 Å². The lowest BCUT2D eigenvalue weighted by molar-refractivity contribution is -0.117. The summed E-state index contributed by atoms with van der Waals surface area (Å²) >= 11 is 0. The molecule has 1 amide bonds. The standard InChI is InChI=1S/C13H14N4O3S/c1-8-7-14-15-13(8)16-21(19,20)10-3-4-11-9(5-10)6-12(18)17(11)2/h3-5,7H,6H2,1-2H3,(H2,14,15,16). The van der Waals surface area contributed by atoms with Crippen LogP contribution in [0, 0.1) is 6.92 Å². The van der Waals surface area contributed by atoms with Gasteiger partial charge in [0.2, 0.25) is 5.91 Å². The van der Waals surface area contributed by atoms with Crippen LogP contribution in [0.2, 0.25) is 0 Å². The number of carbonyl (C=O) groups excluding carboxylic acids is 1. The van der Waals surface area contributed by atoms with Gasteiger partial charge in [0, 0.05) is 18.3 Å². The molecule has 8 heteroatoms. The summed E-state index contributed by atoms with van der Waals surface area (Å²) in [6.45, 7) is 1.75. The van der Waals surface area contributed by atoms with Crippen LogP contribution in [-0.2, 0) is 21.2 Å². The predicted molar refractivity (Wildman–Crippen MR) is 77.7 cm³/mol. The topological polar surface area (TPSA) is 95.2 Å². The quantitative estimate of drug-likeness (QED) is 0.885. The van der Waals surface area contributed by atoms with Crippen LogP contribution in [0.5, 0.6) is 0 Å². The number of hydrogen-bond acceptors (Lipinski definition) is 4. The summed E-state index contributed by atoms with van der Waals surface area (Å²) in [5.41, 5.74) is 2.16. The summed E-state index contributed by atoms with van der Waals surface area (Å²) in [6, 6.07) is 4.67. The monoisotopic (exact) mass is 306 g/mol. The predicted octanol–water partition coefficient (Wildman–Crippen LogP) is 1.04. The molecular formula is C13H14N4O3S. The Kier molecular flexibility index (Phi) is 2.98. The number of sulfonamides is 1. The molecule has 0 bridgehead atoms. The molecule has 0 spiro atoms. The summed E-state index contributed by atoms with van der Waals surface area (Å²) < 4.78 is 27.2. The lowest BCUT2D eigenvalue weighted by atomic mass is 10.2. The van der Waals surface area contributed by atoms with Gasteiger partial charge in [-0.05, 0) is 30.7 Å². The molecule has 0 unspecified atom stereocenters. The van der Waals surface area contributed by atoms with Gasteiger partial charge in [0.05, 0.1) is 17.5 Å². The third-order valence-corrected chi connectivity index (χ3v) is 4.85. The molecule has 0 saturated heterocycles. The maximum absolute atomic E-state index is 12.4. The van der Waals surface area contributed by atoms with E-state index in [0.717, 1.165) is 5.69 Å². The zero-order chi connectivity index (χ0) is 15.2. The largest absolute Gasteiger partial charge is 0.315 e. The molecule has 0 radical (unpaired) electrons. The Morgan fingerprint density at radius 1 is 1.38 bits per heavy atom. The highest BCUT2D eigenvalue weighted by Crippen LogP contribution is 2.30. The minimum Gasteiger partial charge on any atom is -0.315 e. The molecule has 2 aromatic rings. The minimum atomic E-state index is -3.71. The van der Waals surface area contributed by atoms with Crippen molar-refractivity contribution in [1.29, 1.82) is 0 Å². The smallest absolute Gasteiger partial charge is 0.263 e. The molecule has 0 atom stereocenters. The minimum absolute atomic E-state index is 0.0445. The zero-order valence-corrected chi connectivity index (χ0v) is 12.4. The summed E-state index contributed by atoms with van der Waals surface area (Å²) in [7, 11) is -2.04. The van der Waals surface area contributed by atoms with E-state index in [1.807, 2.05) is 0 Å². The Morgan fingerprint density at radius 2 is 2.14 bits per heavy atom. The Bertz CT molecular complexity index is 826. The third kappa shape index (κ3) is 2.27. The van der Waals surface area contributed by atoms with Gasteiger partial charge in [0.15, 0.2) is 0 Å². The van der Waals surface area contributed by atoms with E-state index < -0.39 is 10.0 Å².